The summed E-state index contributed by atoms with van der Waals surface area (Å²) >= 11 is 0. The number of aromatic nitrogens is 4. The second kappa shape index (κ2) is 5.09. The van der Waals surface area contributed by atoms with Crippen LogP contribution in [0.25, 0.3) is 0 Å². The zero-order valence-corrected chi connectivity index (χ0v) is 10.4. The van der Waals surface area contributed by atoms with E-state index in [0.29, 0.717) is 25.3 Å². The summed E-state index contributed by atoms with van der Waals surface area (Å²) in [5.74, 6) is 1.06. The van der Waals surface area contributed by atoms with Crippen LogP contribution in [0.1, 0.15) is 31.0 Å². The molecule has 2 heterocycles. The molecule has 1 saturated heterocycles. The molecule has 2 rings (SSSR count). The zero-order chi connectivity index (χ0) is 12.3. The third kappa shape index (κ3) is 3.01. The van der Waals surface area contributed by atoms with Crippen LogP contribution in [0.2, 0.25) is 0 Å². The van der Waals surface area contributed by atoms with Gasteiger partial charge in [-0.3, -0.25) is 0 Å². The largest absolute Gasteiger partial charge is 0.330 e. The number of sulfone groups is 1. The van der Waals surface area contributed by atoms with Gasteiger partial charge in [-0.25, -0.2) is 13.1 Å². The van der Waals surface area contributed by atoms with E-state index in [1.165, 1.54) is 0 Å². The van der Waals surface area contributed by atoms with Gasteiger partial charge in [0.2, 0.25) is 0 Å². The standard InChI is InChI=1S/C9H17N5O2S/c10-4-1-2-5-14-9(11-12-13-14)8-3-6-17(15,16)7-8/h8H,1-7,10H2. The molecule has 0 bridgehead atoms. The van der Waals surface area contributed by atoms with E-state index in [2.05, 4.69) is 15.5 Å². The van der Waals surface area contributed by atoms with E-state index in [-0.39, 0.29) is 17.4 Å². The lowest BCUT2D eigenvalue weighted by Gasteiger charge is -2.07. The molecule has 17 heavy (non-hydrogen) atoms. The van der Waals surface area contributed by atoms with Crippen LogP contribution in [0.5, 0.6) is 0 Å². The van der Waals surface area contributed by atoms with Crippen molar-refractivity contribution in [3.05, 3.63) is 5.82 Å². The molecule has 1 atom stereocenters. The van der Waals surface area contributed by atoms with Crippen LogP contribution in [-0.4, -0.2) is 46.7 Å². The van der Waals surface area contributed by atoms with Gasteiger partial charge in [0.25, 0.3) is 0 Å². The Morgan fingerprint density at radius 2 is 2.24 bits per heavy atom. The Bertz CT molecular complexity index is 469. The molecule has 0 radical (unpaired) electrons. The smallest absolute Gasteiger partial charge is 0.155 e. The third-order valence-electron chi connectivity index (χ3n) is 2.98. The number of hydrogen-bond donors (Lipinski definition) is 1. The number of hydrogen-bond acceptors (Lipinski definition) is 6. The molecule has 0 aliphatic carbocycles. The number of nitrogens with zero attached hydrogens (tertiary/aromatic N) is 4. The Morgan fingerprint density at radius 3 is 2.88 bits per heavy atom. The minimum atomic E-state index is -2.89. The highest BCUT2D eigenvalue weighted by molar-refractivity contribution is 7.91. The van der Waals surface area contributed by atoms with E-state index < -0.39 is 9.84 Å². The van der Waals surface area contributed by atoms with Crippen LogP contribution in [0, 0.1) is 0 Å². The molecule has 0 spiro atoms. The molecule has 1 unspecified atom stereocenters. The van der Waals surface area contributed by atoms with Crippen LogP contribution in [-0.2, 0) is 16.4 Å². The van der Waals surface area contributed by atoms with Gasteiger partial charge in [0, 0.05) is 12.5 Å². The molecular weight excluding hydrogens is 242 g/mol. The molecule has 1 aliphatic heterocycles. The number of nitrogens with two attached hydrogens (primary N) is 1. The van der Waals surface area contributed by atoms with Crippen molar-refractivity contribution >= 4 is 9.84 Å². The average molecular weight is 259 g/mol. The van der Waals surface area contributed by atoms with Gasteiger partial charge >= 0.3 is 0 Å². The number of rotatable bonds is 5. The van der Waals surface area contributed by atoms with Crippen molar-refractivity contribution in [1.82, 2.24) is 20.2 Å². The minimum Gasteiger partial charge on any atom is -0.330 e. The fraction of sp³-hybridized carbons (Fsp3) is 0.889. The topological polar surface area (TPSA) is 104 Å². The molecular formula is C9H17N5O2S. The maximum absolute atomic E-state index is 11.4. The summed E-state index contributed by atoms with van der Waals surface area (Å²) in [5, 5.41) is 11.5. The summed E-state index contributed by atoms with van der Waals surface area (Å²) in [5.41, 5.74) is 5.42. The quantitative estimate of drug-likeness (QED) is 0.702. The van der Waals surface area contributed by atoms with E-state index in [9.17, 15) is 8.42 Å². The second-order valence-corrected chi connectivity index (χ2v) is 6.58. The number of aryl methyl sites for hydroxylation is 1. The van der Waals surface area contributed by atoms with E-state index in [0.717, 1.165) is 12.8 Å². The Balaban J connectivity index is 2.04. The molecule has 7 nitrogen and oxygen atoms in total. The van der Waals surface area contributed by atoms with Gasteiger partial charge in [0.1, 0.15) is 0 Å². The van der Waals surface area contributed by atoms with Gasteiger partial charge in [-0.1, -0.05) is 0 Å². The van der Waals surface area contributed by atoms with Crippen molar-refractivity contribution in [2.24, 2.45) is 5.73 Å². The molecule has 1 aromatic rings. The lowest BCUT2D eigenvalue weighted by molar-refractivity contribution is 0.509. The van der Waals surface area contributed by atoms with E-state index in [1.807, 2.05) is 0 Å². The molecule has 8 heteroatoms. The second-order valence-electron chi connectivity index (χ2n) is 4.36. The van der Waals surface area contributed by atoms with Gasteiger partial charge in [0.05, 0.1) is 11.5 Å². The molecule has 0 aromatic carbocycles. The lowest BCUT2D eigenvalue weighted by Crippen LogP contribution is -2.13. The SMILES string of the molecule is NCCCCn1nnnc1C1CCS(=O)(=O)C1. The fourth-order valence-electron chi connectivity index (χ4n) is 2.07. The van der Waals surface area contributed by atoms with Gasteiger partial charge in [-0.2, -0.15) is 0 Å². The summed E-state index contributed by atoms with van der Waals surface area (Å²) in [4.78, 5) is 0. The highest BCUT2D eigenvalue weighted by atomic mass is 32.2. The normalized spacial score (nSPS) is 23.0. The van der Waals surface area contributed by atoms with E-state index in [4.69, 9.17) is 5.73 Å². The summed E-state index contributed by atoms with van der Waals surface area (Å²) in [6.45, 7) is 1.35. The van der Waals surface area contributed by atoms with Crippen LogP contribution in [0.15, 0.2) is 0 Å². The van der Waals surface area contributed by atoms with Crippen LogP contribution in [0.3, 0.4) is 0 Å². The zero-order valence-electron chi connectivity index (χ0n) is 9.62. The molecule has 1 aliphatic rings. The van der Waals surface area contributed by atoms with Crippen LogP contribution < -0.4 is 5.73 Å². The maximum Gasteiger partial charge on any atom is 0.155 e. The van der Waals surface area contributed by atoms with Crippen LogP contribution >= 0.6 is 0 Å². The van der Waals surface area contributed by atoms with Crippen molar-refractivity contribution in [1.29, 1.82) is 0 Å². The van der Waals surface area contributed by atoms with E-state index >= 15 is 0 Å². The van der Waals surface area contributed by atoms with Crippen molar-refractivity contribution in [3.63, 3.8) is 0 Å². The lowest BCUT2D eigenvalue weighted by atomic mass is 10.1. The predicted octanol–water partition coefficient (Wildman–Crippen LogP) is -0.686. The predicted molar refractivity (Wildman–Crippen MR) is 62.1 cm³/mol. The first-order valence-corrected chi connectivity index (χ1v) is 7.61. The minimum absolute atomic E-state index is 0.0483. The third-order valence-corrected chi connectivity index (χ3v) is 4.75. The van der Waals surface area contributed by atoms with E-state index in [1.54, 1.807) is 4.68 Å². The Kier molecular flexibility index (Phi) is 3.72. The summed E-state index contributed by atoms with van der Waals surface area (Å²) < 4.78 is 24.5. The number of unbranched alkanes of at least 4 members (excludes halogenated alkanes) is 1. The Morgan fingerprint density at radius 1 is 1.41 bits per heavy atom. The van der Waals surface area contributed by atoms with Gasteiger partial charge < -0.3 is 5.73 Å². The monoisotopic (exact) mass is 259 g/mol. The molecule has 1 fully saturated rings. The highest BCUT2D eigenvalue weighted by Gasteiger charge is 2.32. The summed E-state index contributed by atoms with van der Waals surface area (Å²) in [7, 11) is -2.89. The van der Waals surface area contributed by atoms with Gasteiger partial charge in [-0.05, 0) is 36.2 Å². The van der Waals surface area contributed by atoms with Crippen molar-refractivity contribution < 1.29 is 8.42 Å². The molecule has 2 N–H and O–H groups in total. The summed E-state index contributed by atoms with van der Waals surface area (Å²) in [6, 6.07) is 0. The van der Waals surface area contributed by atoms with Crippen molar-refractivity contribution in [2.75, 3.05) is 18.1 Å². The molecule has 1 aromatic heterocycles. The van der Waals surface area contributed by atoms with Crippen molar-refractivity contribution in [3.8, 4) is 0 Å². The maximum atomic E-state index is 11.4. The first kappa shape index (κ1) is 12.4. The van der Waals surface area contributed by atoms with Gasteiger partial charge in [0.15, 0.2) is 15.7 Å². The molecule has 96 valence electrons. The Hall–Kier alpha value is -1.02. The highest BCUT2D eigenvalue weighted by Crippen LogP contribution is 2.26. The van der Waals surface area contributed by atoms with Crippen molar-refractivity contribution in [2.45, 2.75) is 31.7 Å². The Labute approximate surface area is 100 Å². The average Bonchev–Trinajstić information content (AvgIpc) is 2.85. The van der Waals surface area contributed by atoms with Crippen LogP contribution in [0.4, 0.5) is 0 Å². The fourth-order valence-corrected chi connectivity index (χ4v) is 3.81. The first-order valence-electron chi connectivity index (χ1n) is 5.79. The molecule has 0 amide bonds. The first-order chi connectivity index (χ1) is 8.12. The number of tetrazole rings is 1. The molecule has 0 saturated carbocycles. The van der Waals surface area contributed by atoms with Gasteiger partial charge in [-0.15, -0.1) is 5.10 Å². The summed E-state index contributed by atoms with van der Waals surface area (Å²) in [6.07, 6.45) is 2.45.